The Morgan fingerprint density at radius 1 is 0.500 bits per heavy atom. The molecule has 240 valence electrons. The van der Waals surface area contributed by atoms with Gasteiger partial charge in [0, 0.05) is 76.2 Å². The van der Waals surface area contributed by atoms with Crippen LogP contribution in [-0.2, 0) is 28.2 Å². The lowest BCUT2D eigenvalue weighted by Gasteiger charge is -2.09. The monoisotopic (exact) mass is 604 g/mol. The van der Waals surface area contributed by atoms with Crippen LogP contribution in [-0.4, -0.2) is 18.3 Å². The van der Waals surface area contributed by atoms with Crippen LogP contribution in [0.1, 0.15) is 101 Å². The summed E-state index contributed by atoms with van der Waals surface area (Å²) in [5, 5.41) is 0. The molecule has 0 aliphatic rings. The van der Waals surface area contributed by atoms with Crippen LogP contribution in [0.15, 0.2) is 92.4 Å². The van der Waals surface area contributed by atoms with Crippen molar-refractivity contribution in [1.29, 1.82) is 0 Å². The largest absolute Gasteiger partial charge is 0.319 e. The minimum absolute atomic E-state index is 0.0504. The molecule has 4 aromatic rings. The van der Waals surface area contributed by atoms with Crippen LogP contribution in [0.4, 0.5) is 0 Å². The van der Waals surface area contributed by atoms with E-state index in [0.29, 0.717) is 23.7 Å². The van der Waals surface area contributed by atoms with E-state index in [9.17, 15) is 19.2 Å². The maximum absolute atomic E-state index is 11.4. The van der Waals surface area contributed by atoms with E-state index < -0.39 is 0 Å². The first-order chi connectivity index (χ1) is 20.5. The molecule has 0 spiro atoms. The van der Waals surface area contributed by atoms with Crippen molar-refractivity contribution in [3.63, 3.8) is 0 Å². The van der Waals surface area contributed by atoms with Crippen LogP contribution >= 0.6 is 0 Å². The molecule has 0 amide bonds. The molecule has 0 saturated carbocycles. The van der Waals surface area contributed by atoms with Crippen molar-refractivity contribution in [3.05, 3.63) is 137 Å². The van der Waals surface area contributed by atoms with E-state index in [2.05, 4.69) is 41.5 Å². The molecule has 0 N–H and O–H groups in total. The summed E-state index contributed by atoms with van der Waals surface area (Å²) in [7, 11) is 7.10. The number of rotatable bonds is 4. The first kappa shape index (κ1) is 37.8. The Bertz CT molecular complexity index is 1700. The number of hydrogen-bond donors (Lipinski definition) is 0. The van der Waals surface area contributed by atoms with E-state index in [-0.39, 0.29) is 22.2 Å². The summed E-state index contributed by atoms with van der Waals surface area (Å²) in [5.74, 6) is 1.65. The molecule has 44 heavy (non-hydrogen) atoms. The van der Waals surface area contributed by atoms with Gasteiger partial charge in [0.2, 0.25) is 11.1 Å². The second-order valence-corrected chi connectivity index (χ2v) is 12.2. The third-order valence-electron chi connectivity index (χ3n) is 7.16. The summed E-state index contributed by atoms with van der Waals surface area (Å²) >= 11 is 0. The van der Waals surface area contributed by atoms with E-state index in [1.165, 1.54) is 5.56 Å². The van der Waals surface area contributed by atoms with Gasteiger partial charge in [-0.2, -0.15) is 0 Å². The highest BCUT2D eigenvalue weighted by molar-refractivity contribution is 5.15. The van der Waals surface area contributed by atoms with Crippen molar-refractivity contribution >= 4 is 0 Å². The molecule has 0 unspecified atom stereocenters. The zero-order valence-corrected chi connectivity index (χ0v) is 28.7. The van der Waals surface area contributed by atoms with E-state index in [1.807, 2.05) is 50.4 Å². The summed E-state index contributed by atoms with van der Waals surface area (Å²) in [6.07, 6.45) is 5.46. The second-order valence-electron chi connectivity index (χ2n) is 12.2. The molecule has 8 heteroatoms. The number of aryl methyl sites for hydroxylation is 3. The van der Waals surface area contributed by atoms with Gasteiger partial charge in [-0.15, -0.1) is 0 Å². The molecule has 4 rings (SSSR count). The van der Waals surface area contributed by atoms with Gasteiger partial charge in [0.1, 0.15) is 0 Å². The topological polar surface area (TPSA) is 88.0 Å². The van der Waals surface area contributed by atoms with Gasteiger partial charge >= 0.3 is 0 Å². The minimum Gasteiger partial charge on any atom is -0.319 e. The predicted molar refractivity (Wildman–Crippen MR) is 183 cm³/mol. The molecule has 0 radical (unpaired) electrons. The van der Waals surface area contributed by atoms with Crippen LogP contribution in [0.25, 0.3) is 0 Å². The zero-order valence-electron chi connectivity index (χ0n) is 28.7. The Morgan fingerprint density at radius 2 is 1.11 bits per heavy atom. The van der Waals surface area contributed by atoms with Crippen molar-refractivity contribution in [3.8, 4) is 0 Å². The molecule has 0 saturated heterocycles. The van der Waals surface area contributed by atoms with Gasteiger partial charge in [0.05, 0.1) is 0 Å². The Kier molecular flexibility index (Phi) is 15.3. The van der Waals surface area contributed by atoms with E-state index in [0.717, 1.165) is 16.8 Å². The molecular weight excluding hydrogens is 552 g/mol. The summed E-state index contributed by atoms with van der Waals surface area (Å²) in [4.78, 5) is 44.5. The zero-order chi connectivity index (χ0) is 33.7. The third-order valence-corrected chi connectivity index (χ3v) is 7.16. The quantitative estimate of drug-likeness (QED) is 0.284. The summed E-state index contributed by atoms with van der Waals surface area (Å²) in [6.45, 7) is 16.6. The number of nitrogens with zero attached hydrogens (tertiary/aromatic N) is 4. The van der Waals surface area contributed by atoms with E-state index in [4.69, 9.17) is 0 Å². The van der Waals surface area contributed by atoms with Crippen molar-refractivity contribution in [2.24, 2.45) is 28.2 Å². The van der Waals surface area contributed by atoms with Gasteiger partial charge in [0.15, 0.2) is 0 Å². The summed E-state index contributed by atoms with van der Waals surface area (Å²) < 4.78 is 6.47. The molecule has 4 heterocycles. The first-order valence-electron chi connectivity index (χ1n) is 15.1. The number of aromatic nitrogens is 4. The Morgan fingerprint density at radius 3 is 1.57 bits per heavy atom. The Balaban J connectivity index is 0.000000293. The van der Waals surface area contributed by atoms with Gasteiger partial charge in [-0.1, -0.05) is 73.6 Å². The average molecular weight is 605 g/mol. The van der Waals surface area contributed by atoms with Gasteiger partial charge < -0.3 is 18.3 Å². The van der Waals surface area contributed by atoms with Gasteiger partial charge in [-0.3, -0.25) is 19.2 Å². The molecule has 0 bridgehead atoms. The molecule has 4 aromatic heterocycles. The van der Waals surface area contributed by atoms with Crippen molar-refractivity contribution in [2.45, 2.75) is 79.1 Å². The van der Waals surface area contributed by atoms with Crippen LogP contribution < -0.4 is 22.2 Å². The number of hydrogen-bond acceptors (Lipinski definition) is 4. The van der Waals surface area contributed by atoms with Crippen LogP contribution in [0.3, 0.4) is 0 Å². The Hall–Kier alpha value is -4.20. The summed E-state index contributed by atoms with van der Waals surface area (Å²) in [6, 6.07) is 16.3. The number of pyridine rings is 4. The lowest BCUT2D eigenvalue weighted by molar-refractivity contribution is 0.707. The van der Waals surface area contributed by atoms with Crippen LogP contribution in [0.2, 0.25) is 0 Å². The molecule has 8 nitrogen and oxygen atoms in total. The van der Waals surface area contributed by atoms with Crippen LogP contribution in [0.5, 0.6) is 0 Å². The highest BCUT2D eigenvalue weighted by Gasteiger charge is 2.04. The SMILES string of the molecule is CC(C)c1ccc(=O)n(C)c1.CC(C)c1cccc(=O)n1C.CC(C)c1cccn(C)c1=O.CC(C)c1ccn(C)c(=O)c1. The van der Waals surface area contributed by atoms with Crippen molar-refractivity contribution in [1.82, 2.24) is 18.3 Å². The molecular formula is C36H52N4O4. The highest BCUT2D eigenvalue weighted by Crippen LogP contribution is 2.11. The van der Waals surface area contributed by atoms with Gasteiger partial charge in [-0.05, 0) is 53.0 Å². The molecule has 0 aliphatic heterocycles. The summed E-state index contributed by atoms with van der Waals surface area (Å²) in [5.41, 5.74) is 4.57. The third kappa shape index (κ3) is 11.8. The van der Waals surface area contributed by atoms with E-state index >= 15 is 0 Å². The lowest BCUT2D eigenvalue weighted by atomic mass is 10.1. The second kappa shape index (κ2) is 17.8. The van der Waals surface area contributed by atoms with Gasteiger partial charge in [0.25, 0.3) is 11.1 Å². The molecule has 0 fully saturated rings. The predicted octanol–water partition coefficient (Wildman–Crippen LogP) is 6.03. The van der Waals surface area contributed by atoms with Crippen LogP contribution in [0, 0.1) is 0 Å². The van der Waals surface area contributed by atoms with E-state index in [1.54, 1.807) is 83.1 Å². The maximum atomic E-state index is 11.4. The van der Waals surface area contributed by atoms with Crippen molar-refractivity contribution in [2.75, 3.05) is 0 Å². The fourth-order valence-electron chi connectivity index (χ4n) is 4.10. The fourth-order valence-corrected chi connectivity index (χ4v) is 4.10. The molecule has 0 aliphatic carbocycles. The standard InChI is InChI=1S/4C9H13NO/c1-7(2)8-4-5-10(3)9(11)6-8;1-7(2)8-4-5-9(11)10(3)6-8;1-7(2)8-5-4-6-10(3)9(8)11;1-7(2)8-5-4-6-9(11)10(8)3/h4*4-7H,1-3H3. The molecule has 0 aromatic carbocycles. The van der Waals surface area contributed by atoms with Gasteiger partial charge in [-0.25, -0.2) is 0 Å². The normalized spacial score (nSPS) is 10.5. The lowest BCUT2D eigenvalue weighted by Crippen LogP contribution is -2.20. The smallest absolute Gasteiger partial charge is 0.253 e. The highest BCUT2D eigenvalue weighted by atomic mass is 16.1. The fraction of sp³-hybridized carbons (Fsp3) is 0.444. The Labute approximate surface area is 262 Å². The average Bonchev–Trinajstić information content (AvgIpc) is 2.95. The van der Waals surface area contributed by atoms with Crippen molar-refractivity contribution < 1.29 is 0 Å². The first-order valence-corrected chi connectivity index (χ1v) is 15.1. The minimum atomic E-state index is 0.0504. The molecule has 0 atom stereocenters. The maximum Gasteiger partial charge on any atom is 0.253 e.